The number of hydrogen-bond donors (Lipinski definition) is 1. The Labute approximate surface area is 92.1 Å². The SMILES string of the molecule is O=C(O)c1occc1OCc1ccccc1. The van der Waals surface area contributed by atoms with Crippen molar-refractivity contribution >= 4 is 5.97 Å². The number of carboxylic acids is 1. The molecule has 1 heterocycles. The first-order valence-corrected chi connectivity index (χ1v) is 4.75. The Kier molecular flexibility index (Phi) is 2.91. The minimum atomic E-state index is -1.13. The van der Waals surface area contributed by atoms with Gasteiger partial charge >= 0.3 is 5.97 Å². The molecule has 1 aromatic heterocycles. The van der Waals surface area contributed by atoms with Gasteiger partial charge in [0, 0.05) is 6.07 Å². The largest absolute Gasteiger partial charge is 0.485 e. The molecule has 0 unspecified atom stereocenters. The molecule has 1 aromatic carbocycles. The molecule has 82 valence electrons. The second-order valence-electron chi connectivity index (χ2n) is 3.19. The highest BCUT2D eigenvalue weighted by Gasteiger charge is 2.14. The summed E-state index contributed by atoms with van der Waals surface area (Å²) in [7, 11) is 0. The summed E-state index contributed by atoms with van der Waals surface area (Å²) < 4.78 is 10.1. The molecule has 2 rings (SSSR count). The van der Waals surface area contributed by atoms with Gasteiger partial charge in [-0.3, -0.25) is 0 Å². The first-order valence-electron chi connectivity index (χ1n) is 4.75. The Balaban J connectivity index is 2.05. The standard InChI is InChI=1S/C12H10O4/c13-12(14)11-10(6-7-15-11)16-8-9-4-2-1-3-5-9/h1-7H,8H2,(H,13,14). The molecule has 0 bridgehead atoms. The third kappa shape index (κ3) is 2.23. The highest BCUT2D eigenvalue weighted by Crippen LogP contribution is 2.20. The van der Waals surface area contributed by atoms with Crippen molar-refractivity contribution in [3.63, 3.8) is 0 Å². The molecule has 2 aromatic rings. The maximum atomic E-state index is 10.7. The van der Waals surface area contributed by atoms with Crippen molar-refractivity contribution in [2.24, 2.45) is 0 Å². The van der Waals surface area contributed by atoms with Gasteiger partial charge in [0.05, 0.1) is 6.26 Å². The lowest BCUT2D eigenvalue weighted by Gasteiger charge is -2.03. The molecule has 0 aliphatic carbocycles. The highest BCUT2D eigenvalue weighted by atomic mass is 16.5. The molecule has 0 aliphatic rings. The molecule has 0 spiro atoms. The van der Waals surface area contributed by atoms with Crippen molar-refractivity contribution in [3.8, 4) is 5.75 Å². The number of carbonyl (C=O) groups is 1. The molecule has 0 saturated heterocycles. The molecule has 4 heteroatoms. The van der Waals surface area contributed by atoms with Gasteiger partial charge in [0.2, 0.25) is 0 Å². The van der Waals surface area contributed by atoms with E-state index in [1.165, 1.54) is 12.3 Å². The number of rotatable bonds is 4. The van der Waals surface area contributed by atoms with Crippen LogP contribution in [0.3, 0.4) is 0 Å². The van der Waals surface area contributed by atoms with E-state index in [0.717, 1.165) is 5.56 Å². The van der Waals surface area contributed by atoms with Crippen molar-refractivity contribution in [3.05, 3.63) is 54.0 Å². The Morgan fingerprint density at radius 3 is 2.69 bits per heavy atom. The van der Waals surface area contributed by atoms with Crippen LogP contribution in [-0.2, 0) is 6.61 Å². The molecular weight excluding hydrogens is 208 g/mol. The van der Waals surface area contributed by atoms with E-state index in [0.29, 0.717) is 6.61 Å². The Bertz CT molecular complexity index is 473. The van der Waals surface area contributed by atoms with E-state index < -0.39 is 5.97 Å². The highest BCUT2D eigenvalue weighted by molar-refractivity contribution is 5.87. The number of aromatic carboxylic acids is 1. The molecule has 1 N–H and O–H groups in total. The zero-order valence-corrected chi connectivity index (χ0v) is 8.42. The lowest BCUT2D eigenvalue weighted by atomic mass is 10.2. The van der Waals surface area contributed by atoms with Crippen LogP contribution < -0.4 is 4.74 Å². The van der Waals surface area contributed by atoms with Gasteiger partial charge in [-0.1, -0.05) is 30.3 Å². The molecular formula is C12H10O4. The zero-order valence-electron chi connectivity index (χ0n) is 8.42. The summed E-state index contributed by atoms with van der Waals surface area (Å²) in [6, 6.07) is 11.0. The van der Waals surface area contributed by atoms with Crippen LogP contribution in [0.15, 0.2) is 47.1 Å². The van der Waals surface area contributed by atoms with Crippen LogP contribution >= 0.6 is 0 Å². The summed E-state index contributed by atoms with van der Waals surface area (Å²) in [5.41, 5.74) is 0.972. The van der Waals surface area contributed by atoms with Crippen LogP contribution in [0.2, 0.25) is 0 Å². The smallest absolute Gasteiger partial charge is 0.375 e. The van der Waals surface area contributed by atoms with Crippen LogP contribution in [-0.4, -0.2) is 11.1 Å². The van der Waals surface area contributed by atoms with Crippen molar-refractivity contribution in [2.45, 2.75) is 6.61 Å². The summed E-state index contributed by atoms with van der Waals surface area (Å²) in [5, 5.41) is 8.78. The van der Waals surface area contributed by atoms with Crippen molar-refractivity contribution in [1.29, 1.82) is 0 Å². The first kappa shape index (κ1) is 10.3. The topological polar surface area (TPSA) is 59.7 Å². The van der Waals surface area contributed by atoms with Crippen LogP contribution in [0.25, 0.3) is 0 Å². The fourth-order valence-electron chi connectivity index (χ4n) is 1.30. The lowest BCUT2D eigenvalue weighted by molar-refractivity contribution is 0.0655. The third-order valence-electron chi connectivity index (χ3n) is 2.06. The fraction of sp³-hybridized carbons (Fsp3) is 0.0833. The second-order valence-corrected chi connectivity index (χ2v) is 3.19. The minimum Gasteiger partial charge on any atom is -0.485 e. The van der Waals surface area contributed by atoms with Gasteiger partial charge in [0.15, 0.2) is 5.75 Å². The average Bonchev–Trinajstić information content (AvgIpc) is 2.76. The van der Waals surface area contributed by atoms with E-state index in [4.69, 9.17) is 14.3 Å². The minimum absolute atomic E-state index is 0.170. The normalized spacial score (nSPS) is 10.0. The third-order valence-corrected chi connectivity index (χ3v) is 2.06. The monoisotopic (exact) mass is 218 g/mol. The van der Waals surface area contributed by atoms with Crippen LogP contribution in [0, 0.1) is 0 Å². The zero-order chi connectivity index (χ0) is 11.4. The summed E-state index contributed by atoms with van der Waals surface area (Å²) in [5.74, 6) is -1.06. The Hall–Kier alpha value is -2.23. The first-order chi connectivity index (χ1) is 7.77. The van der Waals surface area contributed by atoms with E-state index in [9.17, 15) is 4.79 Å². The van der Waals surface area contributed by atoms with Gasteiger partial charge in [-0.05, 0) is 5.56 Å². The molecule has 4 nitrogen and oxygen atoms in total. The van der Waals surface area contributed by atoms with Crippen molar-refractivity contribution in [2.75, 3.05) is 0 Å². The van der Waals surface area contributed by atoms with E-state index >= 15 is 0 Å². The van der Waals surface area contributed by atoms with Crippen LogP contribution in [0.5, 0.6) is 5.75 Å². The fourth-order valence-corrected chi connectivity index (χ4v) is 1.30. The maximum Gasteiger partial charge on any atom is 0.375 e. The van der Waals surface area contributed by atoms with E-state index in [1.807, 2.05) is 30.3 Å². The van der Waals surface area contributed by atoms with Crippen LogP contribution in [0.4, 0.5) is 0 Å². The van der Waals surface area contributed by atoms with E-state index in [-0.39, 0.29) is 11.5 Å². The molecule has 0 aliphatic heterocycles. The summed E-state index contributed by atoms with van der Waals surface area (Å²) in [6.07, 6.45) is 1.30. The van der Waals surface area contributed by atoms with Gasteiger partial charge in [-0.15, -0.1) is 0 Å². The van der Waals surface area contributed by atoms with Gasteiger partial charge in [0.25, 0.3) is 5.76 Å². The van der Waals surface area contributed by atoms with Crippen molar-refractivity contribution < 1.29 is 19.1 Å². The van der Waals surface area contributed by atoms with Crippen LogP contribution in [0.1, 0.15) is 16.1 Å². The molecule has 16 heavy (non-hydrogen) atoms. The predicted octanol–water partition coefficient (Wildman–Crippen LogP) is 2.56. The number of furan rings is 1. The summed E-state index contributed by atoms with van der Waals surface area (Å²) >= 11 is 0. The number of hydrogen-bond acceptors (Lipinski definition) is 3. The van der Waals surface area contributed by atoms with Gasteiger partial charge in [0.1, 0.15) is 6.61 Å². The maximum absolute atomic E-state index is 10.7. The molecule has 0 amide bonds. The summed E-state index contributed by atoms with van der Waals surface area (Å²) in [6.45, 7) is 0.320. The number of ether oxygens (including phenoxy) is 1. The van der Waals surface area contributed by atoms with E-state index in [2.05, 4.69) is 0 Å². The molecule has 0 radical (unpaired) electrons. The average molecular weight is 218 g/mol. The van der Waals surface area contributed by atoms with E-state index in [1.54, 1.807) is 0 Å². The second kappa shape index (κ2) is 4.53. The predicted molar refractivity (Wildman–Crippen MR) is 56.4 cm³/mol. The van der Waals surface area contributed by atoms with Crippen molar-refractivity contribution in [1.82, 2.24) is 0 Å². The lowest BCUT2D eigenvalue weighted by Crippen LogP contribution is -2.00. The Morgan fingerprint density at radius 2 is 2.00 bits per heavy atom. The Morgan fingerprint density at radius 1 is 1.25 bits per heavy atom. The van der Waals surface area contributed by atoms with Gasteiger partial charge in [-0.25, -0.2) is 4.79 Å². The molecule has 0 saturated carbocycles. The van der Waals surface area contributed by atoms with Gasteiger partial charge in [-0.2, -0.15) is 0 Å². The van der Waals surface area contributed by atoms with Gasteiger partial charge < -0.3 is 14.3 Å². The quantitative estimate of drug-likeness (QED) is 0.856. The molecule has 0 atom stereocenters. The number of carboxylic acid groups (broad SMARTS) is 1. The number of benzene rings is 1. The summed E-state index contributed by atoms with van der Waals surface area (Å²) in [4.78, 5) is 10.7. The molecule has 0 fully saturated rings.